The Balaban J connectivity index is 1.84. The van der Waals surface area contributed by atoms with Crippen LogP contribution in [0.1, 0.15) is 49.4 Å². The van der Waals surface area contributed by atoms with Gasteiger partial charge in [-0.25, -0.2) is 0 Å². The Morgan fingerprint density at radius 2 is 1.42 bits per heavy atom. The lowest BCUT2D eigenvalue weighted by Gasteiger charge is -2.20. The normalized spacial score (nSPS) is 11.3. The van der Waals surface area contributed by atoms with Gasteiger partial charge in [-0.15, -0.1) is 0 Å². The molecule has 0 saturated heterocycles. The zero-order valence-corrected chi connectivity index (χ0v) is 15.3. The molecule has 24 heavy (non-hydrogen) atoms. The summed E-state index contributed by atoms with van der Waals surface area (Å²) in [7, 11) is 0. The second-order valence-corrected chi connectivity index (χ2v) is 7.10. The van der Waals surface area contributed by atoms with E-state index in [0.29, 0.717) is 6.61 Å². The smallest absolute Gasteiger partial charge is 0.311 e. The SMILES string of the molecule is CCC(C)(C)C(=O)OCCc1ccc(Cc2ccc(C)cc2)cc1. The van der Waals surface area contributed by atoms with Crippen LogP contribution in [0.2, 0.25) is 0 Å². The summed E-state index contributed by atoms with van der Waals surface area (Å²) in [6, 6.07) is 17.2. The molecule has 0 saturated carbocycles. The van der Waals surface area contributed by atoms with Gasteiger partial charge in [0.05, 0.1) is 12.0 Å². The highest BCUT2D eigenvalue weighted by Crippen LogP contribution is 2.21. The molecular weight excluding hydrogens is 296 g/mol. The van der Waals surface area contributed by atoms with Crippen LogP contribution in [0.3, 0.4) is 0 Å². The van der Waals surface area contributed by atoms with Gasteiger partial charge in [0, 0.05) is 6.42 Å². The van der Waals surface area contributed by atoms with Gasteiger partial charge >= 0.3 is 5.97 Å². The number of benzene rings is 2. The molecule has 2 heteroatoms. The molecule has 128 valence electrons. The number of carbonyl (C=O) groups is 1. The topological polar surface area (TPSA) is 26.3 Å². The summed E-state index contributed by atoms with van der Waals surface area (Å²) in [5.74, 6) is -0.110. The molecule has 0 aliphatic heterocycles. The molecule has 0 radical (unpaired) electrons. The monoisotopic (exact) mass is 324 g/mol. The van der Waals surface area contributed by atoms with E-state index in [2.05, 4.69) is 55.5 Å². The third kappa shape index (κ3) is 5.23. The fourth-order valence-corrected chi connectivity index (χ4v) is 2.37. The van der Waals surface area contributed by atoms with Gasteiger partial charge in [-0.3, -0.25) is 4.79 Å². The number of hydrogen-bond donors (Lipinski definition) is 0. The molecule has 0 aromatic heterocycles. The molecular formula is C22H28O2. The molecule has 0 unspecified atom stereocenters. The Kier molecular flexibility index (Phi) is 6.19. The van der Waals surface area contributed by atoms with Crippen LogP contribution in [-0.2, 0) is 22.4 Å². The van der Waals surface area contributed by atoms with E-state index >= 15 is 0 Å². The minimum atomic E-state index is -0.391. The van der Waals surface area contributed by atoms with Crippen molar-refractivity contribution in [2.45, 2.75) is 47.0 Å². The van der Waals surface area contributed by atoms with Gasteiger partial charge in [0.25, 0.3) is 0 Å². The molecule has 2 rings (SSSR count). The van der Waals surface area contributed by atoms with E-state index in [0.717, 1.165) is 19.3 Å². The Morgan fingerprint density at radius 3 is 1.96 bits per heavy atom. The Hall–Kier alpha value is -2.09. The average molecular weight is 324 g/mol. The van der Waals surface area contributed by atoms with E-state index in [4.69, 9.17) is 4.74 Å². The fourth-order valence-electron chi connectivity index (χ4n) is 2.37. The van der Waals surface area contributed by atoms with E-state index in [1.165, 1.54) is 22.3 Å². The first kappa shape index (κ1) is 18.3. The zero-order chi connectivity index (χ0) is 17.6. The van der Waals surface area contributed by atoms with Crippen LogP contribution >= 0.6 is 0 Å². The van der Waals surface area contributed by atoms with Gasteiger partial charge in [-0.2, -0.15) is 0 Å². The summed E-state index contributed by atoms with van der Waals surface area (Å²) < 4.78 is 5.40. The van der Waals surface area contributed by atoms with Crippen molar-refractivity contribution >= 4 is 5.97 Å². The number of rotatable bonds is 7. The second-order valence-electron chi connectivity index (χ2n) is 7.10. The molecule has 0 aliphatic rings. The second kappa shape index (κ2) is 8.14. The predicted molar refractivity (Wildman–Crippen MR) is 99.2 cm³/mol. The van der Waals surface area contributed by atoms with Crippen molar-refractivity contribution in [3.8, 4) is 0 Å². The maximum Gasteiger partial charge on any atom is 0.311 e. The van der Waals surface area contributed by atoms with Gasteiger partial charge < -0.3 is 4.74 Å². The highest BCUT2D eigenvalue weighted by Gasteiger charge is 2.26. The molecule has 0 spiro atoms. The molecule has 2 aromatic rings. The summed E-state index contributed by atoms with van der Waals surface area (Å²) in [6.45, 7) is 8.41. The first-order valence-electron chi connectivity index (χ1n) is 8.71. The van der Waals surface area contributed by atoms with Crippen LogP contribution in [0.4, 0.5) is 0 Å². The van der Waals surface area contributed by atoms with Crippen LogP contribution in [0.15, 0.2) is 48.5 Å². The van der Waals surface area contributed by atoms with Crippen LogP contribution in [0.5, 0.6) is 0 Å². The van der Waals surface area contributed by atoms with Crippen LogP contribution in [0.25, 0.3) is 0 Å². The third-order valence-corrected chi connectivity index (χ3v) is 4.61. The average Bonchev–Trinajstić information content (AvgIpc) is 2.58. The lowest BCUT2D eigenvalue weighted by molar-refractivity contribution is -0.154. The molecule has 0 atom stereocenters. The number of aryl methyl sites for hydroxylation is 1. The first-order chi connectivity index (χ1) is 11.4. The highest BCUT2D eigenvalue weighted by molar-refractivity contribution is 5.75. The zero-order valence-electron chi connectivity index (χ0n) is 15.3. The largest absolute Gasteiger partial charge is 0.465 e. The summed E-state index contributed by atoms with van der Waals surface area (Å²) >= 11 is 0. The van der Waals surface area contributed by atoms with Crippen molar-refractivity contribution in [2.75, 3.05) is 6.61 Å². The molecule has 2 aromatic carbocycles. The standard InChI is InChI=1S/C22H28O2/c1-5-22(3,4)21(23)24-15-14-18-10-12-20(13-11-18)16-19-8-6-17(2)7-9-19/h6-13H,5,14-16H2,1-4H3. The van der Waals surface area contributed by atoms with Gasteiger partial charge in [0.15, 0.2) is 0 Å². The Bertz CT molecular complexity index is 651. The van der Waals surface area contributed by atoms with Gasteiger partial charge in [0.2, 0.25) is 0 Å². The minimum absolute atomic E-state index is 0.110. The van der Waals surface area contributed by atoms with Gasteiger partial charge in [0.1, 0.15) is 0 Å². The number of hydrogen-bond acceptors (Lipinski definition) is 2. The minimum Gasteiger partial charge on any atom is -0.465 e. The summed E-state index contributed by atoms with van der Waals surface area (Å²) in [6.07, 6.45) is 2.50. The van der Waals surface area contributed by atoms with E-state index in [9.17, 15) is 4.79 Å². The molecule has 0 fully saturated rings. The predicted octanol–water partition coefficient (Wildman–Crippen LogP) is 5.11. The molecule has 0 bridgehead atoms. The fraction of sp³-hybridized carbons (Fsp3) is 0.409. The van der Waals surface area contributed by atoms with E-state index in [-0.39, 0.29) is 5.97 Å². The highest BCUT2D eigenvalue weighted by atomic mass is 16.5. The Labute approximate surface area is 145 Å². The number of ether oxygens (including phenoxy) is 1. The molecule has 0 N–H and O–H groups in total. The van der Waals surface area contributed by atoms with E-state index in [1.54, 1.807) is 0 Å². The van der Waals surface area contributed by atoms with Crippen molar-refractivity contribution in [3.05, 3.63) is 70.8 Å². The first-order valence-corrected chi connectivity index (χ1v) is 8.71. The molecule has 0 aliphatic carbocycles. The van der Waals surface area contributed by atoms with Crippen LogP contribution in [-0.4, -0.2) is 12.6 Å². The number of esters is 1. The summed E-state index contributed by atoms with van der Waals surface area (Å²) in [5, 5.41) is 0. The maximum absolute atomic E-state index is 11.9. The van der Waals surface area contributed by atoms with Crippen molar-refractivity contribution < 1.29 is 9.53 Å². The lowest BCUT2D eigenvalue weighted by Crippen LogP contribution is -2.26. The van der Waals surface area contributed by atoms with Gasteiger partial charge in [-0.05, 0) is 50.3 Å². The maximum atomic E-state index is 11.9. The Morgan fingerprint density at radius 1 is 0.917 bits per heavy atom. The summed E-state index contributed by atoms with van der Waals surface area (Å²) in [4.78, 5) is 11.9. The third-order valence-electron chi connectivity index (χ3n) is 4.61. The summed E-state index contributed by atoms with van der Waals surface area (Å²) in [5.41, 5.74) is 4.72. The van der Waals surface area contributed by atoms with Crippen LogP contribution < -0.4 is 0 Å². The van der Waals surface area contributed by atoms with E-state index < -0.39 is 5.41 Å². The molecule has 0 amide bonds. The van der Waals surface area contributed by atoms with Crippen molar-refractivity contribution in [1.82, 2.24) is 0 Å². The van der Waals surface area contributed by atoms with Crippen LogP contribution in [0, 0.1) is 12.3 Å². The van der Waals surface area contributed by atoms with Crippen molar-refractivity contribution in [3.63, 3.8) is 0 Å². The van der Waals surface area contributed by atoms with Crippen molar-refractivity contribution in [1.29, 1.82) is 0 Å². The quantitative estimate of drug-likeness (QED) is 0.662. The number of carbonyl (C=O) groups excluding carboxylic acids is 1. The van der Waals surface area contributed by atoms with E-state index in [1.807, 2.05) is 20.8 Å². The lowest BCUT2D eigenvalue weighted by atomic mass is 9.91. The molecule has 2 nitrogen and oxygen atoms in total. The van der Waals surface area contributed by atoms with Gasteiger partial charge in [-0.1, -0.05) is 61.0 Å². The van der Waals surface area contributed by atoms with Crippen molar-refractivity contribution in [2.24, 2.45) is 5.41 Å². The molecule has 0 heterocycles.